The number of nitrogens with one attached hydrogen (secondary N) is 1. The molecule has 0 unspecified atom stereocenters. The number of hydrogen-bond donors (Lipinski definition) is 2. The first-order valence-electron chi connectivity index (χ1n) is 14.2. The number of nitrogens with two attached hydrogens (primary N) is 1. The predicted molar refractivity (Wildman–Crippen MR) is 157 cm³/mol. The van der Waals surface area contributed by atoms with Crippen LogP contribution in [0, 0.1) is 17.5 Å². The van der Waals surface area contributed by atoms with E-state index in [9.17, 15) is 35.2 Å². The molecule has 1 saturated heterocycles. The van der Waals surface area contributed by atoms with Crippen molar-refractivity contribution in [3.8, 4) is 0 Å². The van der Waals surface area contributed by atoms with Gasteiger partial charge in [0, 0.05) is 45.1 Å². The van der Waals surface area contributed by atoms with Gasteiger partial charge >= 0.3 is 6.18 Å². The average molecular weight is 657 g/mol. The van der Waals surface area contributed by atoms with Gasteiger partial charge in [-0.15, -0.1) is 0 Å². The second-order valence-electron chi connectivity index (χ2n) is 11.0. The number of hydrogen-bond acceptors (Lipinski definition) is 5. The van der Waals surface area contributed by atoms with Crippen LogP contribution < -0.4 is 11.1 Å². The summed E-state index contributed by atoms with van der Waals surface area (Å²) in [4.78, 5) is 13.6. The Hall–Kier alpha value is -3.30. The molecule has 7 nitrogen and oxygen atoms in total. The van der Waals surface area contributed by atoms with Gasteiger partial charge in [0.1, 0.15) is 24.0 Å². The molecule has 3 aromatic carbocycles. The normalized spacial score (nSPS) is 17.2. The van der Waals surface area contributed by atoms with Crippen molar-refractivity contribution >= 4 is 16.0 Å². The first-order chi connectivity index (χ1) is 21.2. The number of ketones is 1. The SMILES string of the molecule is CN(CC(F)(F)F)S(=O)(=O)N1CCNC[C@@H]1CCc1c(F)cccc1CC(=O)[C@@H](N)C(c1ccc(F)cc1)c1ccc(F)cc1. The molecule has 0 aliphatic carbocycles. The Morgan fingerprint density at radius 3 is 2.13 bits per heavy atom. The van der Waals surface area contributed by atoms with Crippen LogP contribution in [0.15, 0.2) is 66.7 Å². The van der Waals surface area contributed by atoms with Gasteiger partial charge in [-0.1, -0.05) is 36.4 Å². The second kappa shape index (κ2) is 14.4. The Kier molecular flexibility index (Phi) is 11.1. The zero-order valence-corrected chi connectivity index (χ0v) is 25.2. The third-order valence-corrected chi connectivity index (χ3v) is 9.88. The van der Waals surface area contributed by atoms with Gasteiger partial charge < -0.3 is 11.1 Å². The molecule has 0 amide bonds. The van der Waals surface area contributed by atoms with E-state index in [2.05, 4.69) is 5.32 Å². The Labute approximate surface area is 258 Å². The minimum Gasteiger partial charge on any atom is -0.321 e. The van der Waals surface area contributed by atoms with Crippen molar-refractivity contribution in [3.63, 3.8) is 0 Å². The molecule has 0 aromatic heterocycles. The Balaban J connectivity index is 1.55. The molecule has 0 bridgehead atoms. The van der Waals surface area contributed by atoms with E-state index in [1.54, 1.807) is 6.07 Å². The Morgan fingerprint density at radius 1 is 1.00 bits per heavy atom. The van der Waals surface area contributed by atoms with Crippen LogP contribution in [-0.2, 0) is 27.8 Å². The van der Waals surface area contributed by atoms with Gasteiger partial charge in [0.15, 0.2) is 5.78 Å². The summed E-state index contributed by atoms with van der Waals surface area (Å²) in [5.41, 5.74) is 7.98. The van der Waals surface area contributed by atoms with E-state index in [0.29, 0.717) is 16.7 Å². The maximum Gasteiger partial charge on any atom is 0.402 e. The smallest absolute Gasteiger partial charge is 0.321 e. The Morgan fingerprint density at radius 2 is 1.58 bits per heavy atom. The number of carbonyl (C=O) groups is 1. The van der Waals surface area contributed by atoms with Gasteiger partial charge in [0.2, 0.25) is 0 Å². The highest BCUT2D eigenvalue weighted by atomic mass is 32.2. The van der Waals surface area contributed by atoms with E-state index in [1.165, 1.54) is 60.7 Å². The lowest BCUT2D eigenvalue weighted by Gasteiger charge is -2.37. The summed E-state index contributed by atoms with van der Waals surface area (Å²) in [5.74, 6) is -2.86. The molecule has 3 aromatic rings. The molecule has 2 atom stereocenters. The van der Waals surface area contributed by atoms with Crippen molar-refractivity contribution < 1.29 is 39.6 Å². The molecule has 0 saturated carbocycles. The molecule has 0 radical (unpaired) electrons. The van der Waals surface area contributed by atoms with E-state index >= 15 is 4.39 Å². The summed E-state index contributed by atoms with van der Waals surface area (Å²) in [6, 6.07) is 13.0. The first kappa shape index (κ1) is 34.6. The molecule has 0 spiro atoms. The van der Waals surface area contributed by atoms with Gasteiger partial charge in [-0.05, 0) is 65.4 Å². The van der Waals surface area contributed by atoms with Crippen LogP contribution in [0.1, 0.15) is 34.6 Å². The van der Waals surface area contributed by atoms with Crippen LogP contribution >= 0.6 is 0 Å². The van der Waals surface area contributed by atoms with Crippen molar-refractivity contribution in [1.29, 1.82) is 0 Å². The highest BCUT2D eigenvalue weighted by Gasteiger charge is 2.40. The number of nitrogens with zero attached hydrogens (tertiary/aromatic N) is 2. The number of piperazine rings is 1. The third kappa shape index (κ3) is 8.70. The quantitative estimate of drug-likeness (QED) is 0.284. The van der Waals surface area contributed by atoms with E-state index in [4.69, 9.17) is 5.73 Å². The lowest BCUT2D eigenvalue weighted by atomic mass is 9.82. The summed E-state index contributed by atoms with van der Waals surface area (Å²) in [6.07, 6.45) is -4.96. The van der Waals surface area contributed by atoms with Crippen molar-refractivity contribution in [1.82, 2.24) is 13.9 Å². The number of benzene rings is 3. The van der Waals surface area contributed by atoms with E-state index in [-0.39, 0.29) is 48.8 Å². The van der Waals surface area contributed by atoms with Crippen molar-refractivity contribution in [2.45, 2.75) is 43.4 Å². The minimum absolute atomic E-state index is 0.00870. The monoisotopic (exact) mass is 656 g/mol. The molecule has 45 heavy (non-hydrogen) atoms. The van der Waals surface area contributed by atoms with Crippen molar-refractivity contribution in [2.75, 3.05) is 33.2 Å². The lowest BCUT2D eigenvalue weighted by molar-refractivity contribution is -0.134. The van der Waals surface area contributed by atoms with Crippen LogP contribution in [0.4, 0.5) is 26.3 Å². The molecule has 4 rings (SSSR count). The summed E-state index contributed by atoms with van der Waals surface area (Å²) < 4.78 is 109. The van der Waals surface area contributed by atoms with Gasteiger partial charge in [-0.2, -0.15) is 30.2 Å². The molecule has 244 valence electrons. The van der Waals surface area contributed by atoms with Gasteiger partial charge in [-0.25, -0.2) is 13.2 Å². The minimum atomic E-state index is -4.73. The van der Waals surface area contributed by atoms with Crippen LogP contribution in [0.3, 0.4) is 0 Å². The molecule has 1 aliphatic heterocycles. The topological polar surface area (TPSA) is 95.7 Å². The van der Waals surface area contributed by atoms with Crippen molar-refractivity contribution in [3.05, 3.63) is 106 Å². The van der Waals surface area contributed by atoms with E-state index in [1.807, 2.05) is 0 Å². The molecule has 14 heteroatoms. The highest BCUT2D eigenvalue weighted by molar-refractivity contribution is 7.86. The zero-order chi connectivity index (χ0) is 32.9. The summed E-state index contributed by atoms with van der Waals surface area (Å²) in [7, 11) is -3.61. The van der Waals surface area contributed by atoms with E-state index < -0.39 is 64.2 Å². The van der Waals surface area contributed by atoms with Gasteiger partial charge in [0.05, 0.1) is 6.04 Å². The number of rotatable bonds is 12. The Bertz CT molecular complexity index is 1520. The highest BCUT2D eigenvalue weighted by Crippen LogP contribution is 2.30. The number of alkyl halides is 3. The van der Waals surface area contributed by atoms with Gasteiger partial charge in [-0.3, -0.25) is 4.79 Å². The first-order valence-corrected chi connectivity index (χ1v) is 15.6. The van der Waals surface area contributed by atoms with Crippen LogP contribution in [0.5, 0.6) is 0 Å². The number of Topliss-reactive ketones (excluding diaryl/α,β-unsaturated/α-hetero) is 1. The number of carbonyl (C=O) groups excluding carboxylic acids is 1. The van der Waals surface area contributed by atoms with Crippen LogP contribution in [-0.4, -0.2) is 74.3 Å². The largest absolute Gasteiger partial charge is 0.402 e. The van der Waals surface area contributed by atoms with E-state index in [0.717, 1.165) is 11.4 Å². The standard InChI is InChI=1S/C31H34F6N4O3S/c1-40(19-31(35,36)37)45(43,44)41-16-15-39-18-25(41)13-14-26-22(3-2-4-27(26)34)17-28(42)30(38)29(20-5-9-23(32)10-6-20)21-7-11-24(33)12-8-21/h2-12,25,29-30,39H,13-19,38H2,1H3/t25-,30+/m0/s1. The fourth-order valence-corrected chi connectivity index (χ4v) is 7.15. The maximum absolute atomic E-state index is 15.2. The number of halogens is 6. The molecule has 1 heterocycles. The van der Waals surface area contributed by atoms with Crippen LogP contribution in [0.2, 0.25) is 0 Å². The third-order valence-electron chi connectivity index (χ3n) is 7.89. The summed E-state index contributed by atoms with van der Waals surface area (Å²) in [5, 5.41) is 3.03. The molecule has 3 N–H and O–H groups in total. The maximum atomic E-state index is 15.2. The van der Waals surface area contributed by atoms with Crippen molar-refractivity contribution in [2.24, 2.45) is 5.73 Å². The summed E-state index contributed by atoms with van der Waals surface area (Å²) in [6.45, 7) is -1.34. The zero-order valence-electron chi connectivity index (χ0n) is 24.4. The average Bonchev–Trinajstić information content (AvgIpc) is 2.98. The molecule has 1 fully saturated rings. The van der Waals surface area contributed by atoms with Crippen LogP contribution in [0.25, 0.3) is 0 Å². The molecule has 1 aliphatic rings. The molecular formula is C31H34F6N4O3S. The second-order valence-corrected chi connectivity index (χ2v) is 13.0. The predicted octanol–water partition coefficient (Wildman–Crippen LogP) is 4.32. The molecular weight excluding hydrogens is 622 g/mol. The lowest BCUT2D eigenvalue weighted by Crippen LogP contribution is -2.57. The summed E-state index contributed by atoms with van der Waals surface area (Å²) >= 11 is 0. The fraction of sp³-hybridized carbons (Fsp3) is 0.387. The van der Waals surface area contributed by atoms with Gasteiger partial charge in [0.25, 0.3) is 10.2 Å². The fourth-order valence-electron chi connectivity index (χ4n) is 5.60.